The lowest BCUT2D eigenvalue weighted by Crippen LogP contribution is -2.55. The van der Waals surface area contributed by atoms with Crippen LogP contribution in [-0.2, 0) is 15.5 Å². The second kappa shape index (κ2) is 5.40. The van der Waals surface area contributed by atoms with E-state index in [0.29, 0.717) is 17.6 Å². The molecule has 5 rings (SSSR count). The third-order valence-corrected chi connectivity index (χ3v) is 9.81. The number of hydrogen-bond acceptors (Lipinski definition) is 3. The first-order valence-corrected chi connectivity index (χ1v) is 11.1. The van der Waals surface area contributed by atoms with Crippen LogP contribution < -0.4 is 0 Å². The summed E-state index contributed by atoms with van der Waals surface area (Å²) in [5, 5.41) is 10.9. The fraction of sp³-hybridized carbons (Fsp3) is 0.714. The fourth-order valence-electron chi connectivity index (χ4n) is 6.20. The molecule has 1 spiro atoms. The van der Waals surface area contributed by atoms with Gasteiger partial charge in [-0.05, 0) is 54.4 Å². The van der Waals surface area contributed by atoms with Gasteiger partial charge in [-0.1, -0.05) is 44.2 Å². The molecule has 1 aromatic rings. The van der Waals surface area contributed by atoms with E-state index in [4.69, 9.17) is 4.74 Å². The number of ether oxygens (including phenoxy) is 1. The monoisotopic (exact) mass is 360 g/mol. The van der Waals surface area contributed by atoms with Gasteiger partial charge in [0.15, 0.2) is 5.44 Å². The van der Waals surface area contributed by atoms with E-state index in [1.807, 2.05) is 18.2 Å². The first kappa shape index (κ1) is 16.5. The number of rotatable bonds is 3. The van der Waals surface area contributed by atoms with Crippen molar-refractivity contribution in [1.29, 1.82) is 0 Å². The Labute approximate surface area is 152 Å². The summed E-state index contributed by atoms with van der Waals surface area (Å²) in [7, 11) is -1.10. The maximum atomic E-state index is 13.1. The fourth-order valence-corrected chi connectivity index (χ4v) is 8.35. The van der Waals surface area contributed by atoms with Crippen LogP contribution in [0.1, 0.15) is 51.0 Å². The molecule has 25 heavy (non-hydrogen) atoms. The van der Waals surface area contributed by atoms with E-state index in [1.165, 1.54) is 12.0 Å². The average Bonchev–Trinajstić information content (AvgIpc) is 3.33. The Bertz CT molecular complexity index is 702. The van der Waals surface area contributed by atoms with Crippen LogP contribution in [-0.4, -0.2) is 32.7 Å². The second-order valence-corrected chi connectivity index (χ2v) is 10.8. The zero-order valence-corrected chi connectivity index (χ0v) is 15.9. The highest BCUT2D eigenvalue weighted by Gasteiger charge is 2.68. The van der Waals surface area contributed by atoms with E-state index in [-0.39, 0.29) is 22.9 Å². The number of aliphatic hydroxyl groups excluding tert-OH is 1. The van der Waals surface area contributed by atoms with E-state index in [0.717, 1.165) is 19.3 Å². The molecule has 4 aliphatic rings. The topological polar surface area (TPSA) is 46.5 Å². The Balaban J connectivity index is 1.33. The van der Waals surface area contributed by atoms with Crippen molar-refractivity contribution in [2.75, 3.05) is 5.75 Å². The van der Waals surface area contributed by atoms with Crippen molar-refractivity contribution >= 4 is 10.8 Å². The van der Waals surface area contributed by atoms with Crippen molar-refractivity contribution in [3.05, 3.63) is 35.9 Å². The summed E-state index contributed by atoms with van der Waals surface area (Å²) in [5.41, 5.74) is 1.08. The van der Waals surface area contributed by atoms with Gasteiger partial charge >= 0.3 is 0 Å². The van der Waals surface area contributed by atoms with Gasteiger partial charge in [0.2, 0.25) is 0 Å². The molecule has 3 aliphatic carbocycles. The third kappa shape index (κ3) is 2.20. The summed E-state index contributed by atoms with van der Waals surface area (Å²) in [6, 6.07) is 10.4. The molecule has 8 atom stereocenters. The number of hydrogen-bond donors (Lipinski definition) is 1. The lowest BCUT2D eigenvalue weighted by atomic mass is 9.69. The van der Waals surface area contributed by atoms with Crippen molar-refractivity contribution < 1.29 is 14.1 Å². The summed E-state index contributed by atoms with van der Waals surface area (Å²) in [4.78, 5) is 0. The highest BCUT2D eigenvalue weighted by molar-refractivity contribution is 7.85. The molecule has 2 bridgehead atoms. The van der Waals surface area contributed by atoms with Crippen molar-refractivity contribution in [2.24, 2.45) is 22.7 Å². The minimum Gasteiger partial charge on any atom is -0.389 e. The smallest absolute Gasteiger partial charge is 0.158 e. The average molecular weight is 361 g/mol. The van der Waals surface area contributed by atoms with E-state index in [2.05, 4.69) is 26.0 Å². The summed E-state index contributed by atoms with van der Waals surface area (Å²) in [6.07, 6.45) is 4.03. The molecule has 3 nitrogen and oxygen atoms in total. The molecular formula is C21H28O3S. The first-order chi connectivity index (χ1) is 11.9. The predicted molar refractivity (Wildman–Crippen MR) is 98.5 cm³/mol. The largest absolute Gasteiger partial charge is 0.389 e. The predicted octanol–water partition coefficient (Wildman–Crippen LogP) is 3.45. The van der Waals surface area contributed by atoms with Gasteiger partial charge in [-0.3, -0.25) is 4.21 Å². The molecule has 136 valence electrons. The summed E-state index contributed by atoms with van der Waals surface area (Å²) in [5.74, 6) is 1.98. The number of aliphatic hydroxyl groups is 1. The lowest BCUT2D eigenvalue weighted by Gasteiger charge is -2.47. The normalized spacial score (nSPS) is 48.1. The molecule has 1 aromatic carbocycles. The zero-order chi connectivity index (χ0) is 17.4. The van der Waals surface area contributed by atoms with Crippen LogP contribution in [0.2, 0.25) is 0 Å². The lowest BCUT2D eigenvalue weighted by molar-refractivity contribution is -0.105. The zero-order valence-electron chi connectivity index (χ0n) is 15.1. The van der Waals surface area contributed by atoms with Gasteiger partial charge in [0.05, 0.1) is 23.0 Å². The minimum absolute atomic E-state index is 0.0706. The molecular weight excluding hydrogens is 332 g/mol. The van der Waals surface area contributed by atoms with Crippen LogP contribution in [0.25, 0.3) is 0 Å². The van der Waals surface area contributed by atoms with Gasteiger partial charge in [-0.2, -0.15) is 0 Å². The number of benzene rings is 1. The van der Waals surface area contributed by atoms with Crippen molar-refractivity contribution in [3.8, 4) is 0 Å². The van der Waals surface area contributed by atoms with Crippen molar-refractivity contribution in [1.82, 2.24) is 0 Å². The quantitative estimate of drug-likeness (QED) is 0.898. The summed E-state index contributed by atoms with van der Waals surface area (Å²) >= 11 is 0. The maximum Gasteiger partial charge on any atom is 0.158 e. The Morgan fingerprint density at radius 3 is 2.72 bits per heavy atom. The van der Waals surface area contributed by atoms with E-state index >= 15 is 0 Å². The van der Waals surface area contributed by atoms with Crippen LogP contribution in [0.15, 0.2) is 30.3 Å². The molecule has 1 N–H and O–H groups in total. The van der Waals surface area contributed by atoms with Gasteiger partial charge in [-0.25, -0.2) is 0 Å². The molecule has 1 heterocycles. The molecule has 3 saturated carbocycles. The van der Waals surface area contributed by atoms with E-state index in [1.54, 1.807) is 0 Å². The molecule has 4 heteroatoms. The van der Waals surface area contributed by atoms with Crippen molar-refractivity contribution in [2.45, 2.75) is 63.1 Å². The maximum absolute atomic E-state index is 13.1. The molecule has 4 fully saturated rings. The van der Waals surface area contributed by atoms with Crippen LogP contribution >= 0.6 is 0 Å². The van der Waals surface area contributed by atoms with E-state index < -0.39 is 22.3 Å². The highest BCUT2D eigenvalue weighted by atomic mass is 32.2. The standard InChI is InChI=1S/C21H28O3S/c1-20(2)14-8-9-21(20)12-25(23)19(24-17(21)10-14)18(22)16-11-15(16)13-6-4-3-5-7-13/h3-7,14-19,22H,8-12H2,1-2H3/t14?,15-,16+,17?,18-,19?,21?,25?/m1/s1. The van der Waals surface area contributed by atoms with Gasteiger partial charge in [0.25, 0.3) is 0 Å². The molecule has 0 amide bonds. The van der Waals surface area contributed by atoms with Gasteiger partial charge in [0, 0.05) is 11.2 Å². The van der Waals surface area contributed by atoms with Gasteiger partial charge in [-0.15, -0.1) is 0 Å². The van der Waals surface area contributed by atoms with Crippen LogP contribution in [0.4, 0.5) is 0 Å². The molecule has 5 unspecified atom stereocenters. The minimum atomic E-state index is -1.10. The summed E-state index contributed by atoms with van der Waals surface area (Å²) in [6.45, 7) is 4.68. The SMILES string of the molecule is CC1(C)C2CCC13CS(=O)C([C@H](O)[C@H]1C[C@@H]1c1ccccc1)OC3C2. The van der Waals surface area contributed by atoms with Crippen LogP contribution in [0.3, 0.4) is 0 Å². The third-order valence-electron chi connectivity index (χ3n) is 8.10. The first-order valence-electron chi connectivity index (χ1n) is 9.70. The van der Waals surface area contributed by atoms with Crippen molar-refractivity contribution in [3.63, 3.8) is 0 Å². The molecule has 1 aliphatic heterocycles. The Morgan fingerprint density at radius 2 is 2.00 bits per heavy atom. The molecule has 0 radical (unpaired) electrons. The Hall–Kier alpha value is -0.710. The van der Waals surface area contributed by atoms with Gasteiger partial charge in [0.1, 0.15) is 0 Å². The van der Waals surface area contributed by atoms with Gasteiger partial charge < -0.3 is 9.84 Å². The van der Waals surface area contributed by atoms with E-state index in [9.17, 15) is 9.32 Å². The van der Waals surface area contributed by atoms with Crippen LogP contribution in [0, 0.1) is 22.7 Å². The Morgan fingerprint density at radius 1 is 1.24 bits per heavy atom. The van der Waals surface area contributed by atoms with Crippen LogP contribution in [0.5, 0.6) is 0 Å². The Kier molecular flexibility index (Phi) is 3.56. The molecule has 0 aromatic heterocycles. The second-order valence-electron chi connectivity index (χ2n) is 9.27. The highest BCUT2D eigenvalue weighted by Crippen LogP contribution is 2.68. The summed E-state index contributed by atoms with van der Waals surface area (Å²) < 4.78 is 19.4. The molecule has 1 saturated heterocycles. The number of fused-ring (bicyclic) bond motifs is 1.